The van der Waals surface area contributed by atoms with Crippen molar-refractivity contribution in [3.05, 3.63) is 57.1 Å². The first-order valence-electron chi connectivity index (χ1n) is 11.4. The second-order valence-corrected chi connectivity index (χ2v) is 9.51. The molecular formula is C24H30Cl2N4O3. The Morgan fingerprint density at radius 1 is 1.21 bits per heavy atom. The third-order valence-corrected chi connectivity index (χ3v) is 7.32. The maximum absolute atomic E-state index is 13.3. The van der Waals surface area contributed by atoms with E-state index in [9.17, 15) is 4.79 Å². The van der Waals surface area contributed by atoms with Crippen molar-refractivity contribution < 1.29 is 14.3 Å². The van der Waals surface area contributed by atoms with Crippen LogP contribution in [0.1, 0.15) is 46.6 Å². The van der Waals surface area contributed by atoms with E-state index < -0.39 is 0 Å². The van der Waals surface area contributed by atoms with Gasteiger partial charge in [0.05, 0.1) is 28.5 Å². The molecule has 1 N–H and O–H groups in total. The molecule has 2 aromatic rings. The van der Waals surface area contributed by atoms with E-state index in [-0.39, 0.29) is 12.0 Å². The Hall–Kier alpha value is -1.77. The summed E-state index contributed by atoms with van der Waals surface area (Å²) in [5, 5.41) is 4.75. The predicted octanol–water partition coefficient (Wildman–Crippen LogP) is 3.68. The number of aromatic nitrogens is 2. The van der Waals surface area contributed by atoms with Crippen LogP contribution in [0.3, 0.4) is 0 Å². The Bertz CT molecular complexity index is 982. The quantitative estimate of drug-likeness (QED) is 0.662. The Kier molecular flexibility index (Phi) is 8.20. The average Bonchev–Trinajstić information content (AvgIpc) is 2.83. The van der Waals surface area contributed by atoms with Crippen molar-refractivity contribution in [1.82, 2.24) is 20.2 Å². The van der Waals surface area contributed by atoms with Gasteiger partial charge in [0.2, 0.25) is 0 Å². The van der Waals surface area contributed by atoms with Crippen LogP contribution >= 0.6 is 23.2 Å². The molecule has 3 heterocycles. The molecule has 178 valence electrons. The predicted molar refractivity (Wildman–Crippen MR) is 128 cm³/mol. The monoisotopic (exact) mass is 492 g/mol. The summed E-state index contributed by atoms with van der Waals surface area (Å²) in [5.74, 6) is -0.0374. The van der Waals surface area contributed by atoms with Crippen LogP contribution in [0.2, 0.25) is 10.0 Å². The number of carbonyl (C=O) groups is 1. The minimum absolute atomic E-state index is 0.0374. The molecule has 1 aromatic heterocycles. The van der Waals surface area contributed by atoms with Crippen LogP contribution in [-0.2, 0) is 15.9 Å². The van der Waals surface area contributed by atoms with Crippen molar-refractivity contribution in [2.75, 3.05) is 33.4 Å². The second kappa shape index (κ2) is 11.1. The first kappa shape index (κ1) is 24.4. The van der Waals surface area contributed by atoms with Gasteiger partial charge in [-0.05, 0) is 43.9 Å². The zero-order valence-corrected chi connectivity index (χ0v) is 20.5. The van der Waals surface area contributed by atoms with Gasteiger partial charge in [-0.1, -0.05) is 29.3 Å². The van der Waals surface area contributed by atoms with Gasteiger partial charge in [0.15, 0.2) is 0 Å². The highest BCUT2D eigenvalue weighted by Gasteiger charge is 2.31. The van der Waals surface area contributed by atoms with Gasteiger partial charge in [0.1, 0.15) is 12.0 Å². The van der Waals surface area contributed by atoms with Crippen LogP contribution in [0.4, 0.5) is 0 Å². The van der Waals surface area contributed by atoms with Crippen molar-refractivity contribution in [3.8, 4) is 0 Å². The number of rotatable bonds is 6. The summed E-state index contributed by atoms with van der Waals surface area (Å²) in [6, 6.07) is 6.18. The van der Waals surface area contributed by atoms with Crippen LogP contribution in [0.15, 0.2) is 24.5 Å². The number of benzene rings is 1. The van der Waals surface area contributed by atoms with Crippen LogP contribution in [0, 0.1) is 6.92 Å². The van der Waals surface area contributed by atoms with Crippen molar-refractivity contribution in [3.63, 3.8) is 0 Å². The van der Waals surface area contributed by atoms with Gasteiger partial charge < -0.3 is 19.7 Å². The minimum atomic E-state index is -0.0374. The van der Waals surface area contributed by atoms with Crippen molar-refractivity contribution in [2.45, 2.75) is 50.8 Å². The number of halogens is 2. The Balaban J connectivity index is 1.37. The van der Waals surface area contributed by atoms with Crippen LogP contribution in [0.5, 0.6) is 0 Å². The summed E-state index contributed by atoms with van der Waals surface area (Å²) in [6.07, 6.45) is 4.86. The summed E-state index contributed by atoms with van der Waals surface area (Å²) in [5.41, 5.74) is 3.07. The molecule has 2 aliphatic rings. The molecule has 4 rings (SSSR count). The number of nitrogens with one attached hydrogen (secondary N) is 1. The third-order valence-electron chi connectivity index (χ3n) is 6.59. The fourth-order valence-electron chi connectivity index (χ4n) is 4.56. The van der Waals surface area contributed by atoms with E-state index in [1.54, 1.807) is 13.2 Å². The van der Waals surface area contributed by atoms with E-state index in [0.29, 0.717) is 53.9 Å². The van der Waals surface area contributed by atoms with Crippen LogP contribution < -0.4 is 5.32 Å². The van der Waals surface area contributed by atoms with Gasteiger partial charge in [0, 0.05) is 50.9 Å². The molecule has 7 nitrogen and oxygen atoms in total. The summed E-state index contributed by atoms with van der Waals surface area (Å²) < 4.78 is 11.1. The van der Waals surface area contributed by atoms with Crippen molar-refractivity contribution in [2.24, 2.45) is 0 Å². The molecule has 2 aliphatic heterocycles. The summed E-state index contributed by atoms with van der Waals surface area (Å²) >= 11 is 12.2. The number of hydrogen-bond donors (Lipinski definition) is 1. The Morgan fingerprint density at radius 2 is 2.00 bits per heavy atom. The molecule has 0 unspecified atom stereocenters. The summed E-state index contributed by atoms with van der Waals surface area (Å²) in [6.45, 7) is 4.69. The molecule has 9 heteroatoms. The molecule has 1 aromatic carbocycles. The number of likely N-dealkylation sites (tertiary alicyclic amines) is 1. The maximum atomic E-state index is 13.3. The van der Waals surface area contributed by atoms with Crippen molar-refractivity contribution in [1.29, 1.82) is 0 Å². The van der Waals surface area contributed by atoms with E-state index in [1.165, 1.54) is 6.33 Å². The SMILES string of the molecule is CO[C@H]1COCC[C@H]1NC1CCN(C(=O)c2ncnc(Cc3ccc(Cl)c(Cl)c3)c2C)CC1. The molecule has 2 fully saturated rings. The molecule has 33 heavy (non-hydrogen) atoms. The molecular weight excluding hydrogens is 463 g/mol. The molecule has 0 aliphatic carbocycles. The normalized spacial score (nSPS) is 21.9. The number of nitrogens with zero attached hydrogens (tertiary/aromatic N) is 3. The lowest BCUT2D eigenvalue weighted by Crippen LogP contribution is -2.54. The lowest BCUT2D eigenvalue weighted by Gasteiger charge is -2.38. The lowest BCUT2D eigenvalue weighted by atomic mass is 9.99. The molecule has 0 saturated carbocycles. The Morgan fingerprint density at radius 3 is 2.73 bits per heavy atom. The number of methoxy groups -OCH3 is 1. The van der Waals surface area contributed by atoms with Gasteiger partial charge in [0.25, 0.3) is 5.91 Å². The topological polar surface area (TPSA) is 76.6 Å². The fourth-order valence-corrected chi connectivity index (χ4v) is 4.88. The van der Waals surface area contributed by atoms with Crippen LogP contribution in [0.25, 0.3) is 0 Å². The van der Waals surface area contributed by atoms with E-state index in [4.69, 9.17) is 32.7 Å². The highest BCUT2D eigenvalue weighted by molar-refractivity contribution is 6.42. The first-order valence-corrected chi connectivity index (χ1v) is 12.1. The van der Waals surface area contributed by atoms with Crippen LogP contribution in [-0.4, -0.2) is 72.4 Å². The standard InChI is InChI=1S/C24H30Cl2N4O3/c1-15-21(12-16-3-4-18(25)19(26)11-16)27-14-28-23(15)24(31)30-8-5-17(6-9-30)29-20-7-10-33-13-22(20)32-2/h3-4,11,14,17,20,22,29H,5-10,12-13H2,1-2H3/t20-,22+/m1/s1. The number of ether oxygens (including phenoxy) is 2. The highest BCUT2D eigenvalue weighted by atomic mass is 35.5. The highest BCUT2D eigenvalue weighted by Crippen LogP contribution is 2.25. The van der Waals surface area contributed by atoms with E-state index in [2.05, 4.69) is 15.3 Å². The lowest BCUT2D eigenvalue weighted by molar-refractivity contribution is -0.0533. The second-order valence-electron chi connectivity index (χ2n) is 8.70. The maximum Gasteiger partial charge on any atom is 0.272 e. The number of carbonyl (C=O) groups excluding carboxylic acids is 1. The summed E-state index contributed by atoms with van der Waals surface area (Å²) in [7, 11) is 1.73. The molecule has 0 radical (unpaired) electrons. The molecule has 2 atom stereocenters. The first-order chi connectivity index (χ1) is 16.0. The molecule has 1 amide bonds. The van der Waals surface area contributed by atoms with E-state index in [0.717, 1.165) is 42.7 Å². The molecule has 0 bridgehead atoms. The number of hydrogen-bond acceptors (Lipinski definition) is 6. The number of piperidine rings is 1. The number of amides is 1. The van der Waals surface area contributed by atoms with Gasteiger partial charge in [-0.3, -0.25) is 4.79 Å². The molecule has 2 saturated heterocycles. The van der Waals surface area contributed by atoms with Gasteiger partial charge in [-0.25, -0.2) is 9.97 Å². The minimum Gasteiger partial charge on any atom is -0.379 e. The zero-order valence-electron chi connectivity index (χ0n) is 19.0. The summed E-state index contributed by atoms with van der Waals surface area (Å²) in [4.78, 5) is 23.9. The third kappa shape index (κ3) is 5.84. The fraction of sp³-hybridized carbons (Fsp3) is 0.542. The van der Waals surface area contributed by atoms with Crippen molar-refractivity contribution >= 4 is 29.1 Å². The van der Waals surface area contributed by atoms with E-state index in [1.807, 2.05) is 24.0 Å². The van der Waals surface area contributed by atoms with Gasteiger partial charge >= 0.3 is 0 Å². The van der Waals surface area contributed by atoms with E-state index >= 15 is 0 Å². The van der Waals surface area contributed by atoms with Gasteiger partial charge in [-0.2, -0.15) is 0 Å². The largest absolute Gasteiger partial charge is 0.379 e. The zero-order chi connectivity index (χ0) is 23.4. The average molecular weight is 493 g/mol. The smallest absolute Gasteiger partial charge is 0.272 e. The Labute approximate surface area is 204 Å². The molecule has 0 spiro atoms. The van der Waals surface area contributed by atoms with Gasteiger partial charge in [-0.15, -0.1) is 0 Å².